The molecule has 0 radical (unpaired) electrons. The predicted octanol–water partition coefficient (Wildman–Crippen LogP) is 2.27. The number of nitriles is 1. The number of hydrogen-bond donors (Lipinski definition) is 0. The molecular formula is C4H3F3IN. The molecule has 0 rings (SSSR count). The molecule has 52 valence electrons. The molecule has 0 spiro atoms. The quantitative estimate of drug-likeness (QED) is 0.516. The first kappa shape index (κ1) is 9.01. The first-order chi connectivity index (χ1) is 3.95. The second-order valence-corrected chi connectivity index (χ2v) is 2.92. The molecule has 0 aliphatic rings. The van der Waals surface area contributed by atoms with Gasteiger partial charge in [0.1, 0.15) is 3.92 Å². The van der Waals surface area contributed by atoms with Crippen molar-refractivity contribution in [2.75, 3.05) is 0 Å². The van der Waals surface area contributed by atoms with Crippen molar-refractivity contribution >= 4 is 22.6 Å². The van der Waals surface area contributed by atoms with Crippen molar-refractivity contribution in [3.8, 4) is 6.07 Å². The van der Waals surface area contributed by atoms with Crippen LogP contribution in [-0.2, 0) is 0 Å². The van der Waals surface area contributed by atoms with E-state index in [-0.39, 0.29) is 0 Å². The molecule has 0 saturated heterocycles. The van der Waals surface area contributed by atoms with Crippen LogP contribution in [0.1, 0.15) is 6.42 Å². The summed E-state index contributed by atoms with van der Waals surface area (Å²) in [5.41, 5.74) is 0. The Kier molecular flexibility index (Phi) is 3.25. The monoisotopic (exact) mass is 249 g/mol. The molecule has 5 heteroatoms. The SMILES string of the molecule is N#CC(I)CC(F)(F)F. The van der Waals surface area contributed by atoms with Crippen LogP contribution in [0.5, 0.6) is 0 Å². The molecule has 0 aliphatic carbocycles. The number of rotatable bonds is 1. The Bertz CT molecular complexity index is 125. The molecule has 1 unspecified atom stereocenters. The lowest BCUT2D eigenvalue weighted by atomic mass is 10.3. The Balaban J connectivity index is 3.63. The highest BCUT2D eigenvalue weighted by Crippen LogP contribution is 2.24. The van der Waals surface area contributed by atoms with Gasteiger partial charge in [0.2, 0.25) is 0 Å². The molecule has 0 aromatic rings. The van der Waals surface area contributed by atoms with Gasteiger partial charge in [-0.15, -0.1) is 0 Å². The summed E-state index contributed by atoms with van der Waals surface area (Å²) >= 11 is 1.45. The average Bonchev–Trinajstić information content (AvgIpc) is 1.62. The lowest BCUT2D eigenvalue weighted by Gasteiger charge is -2.04. The van der Waals surface area contributed by atoms with Crippen molar-refractivity contribution in [2.45, 2.75) is 16.5 Å². The maximum Gasteiger partial charge on any atom is 0.391 e. The van der Waals surface area contributed by atoms with E-state index >= 15 is 0 Å². The first-order valence-corrected chi connectivity index (χ1v) is 3.30. The minimum atomic E-state index is -4.21. The number of halogens is 4. The Hall–Kier alpha value is 0.01000. The van der Waals surface area contributed by atoms with Gasteiger partial charge in [-0.1, -0.05) is 22.6 Å². The van der Waals surface area contributed by atoms with Crippen molar-refractivity contribution in [3.05, 3.63) is 0 Å². The Labute approximate surface area is 64.0 Å². The normalized spacial score (nSPS) is 14.6. The van der Waals surface area contributed by atoms with E-state index in [9.17, 15) is 13.2 Å². The fraction of sp³-hybridized carbons (Fsp3) is 0.750. The molecule has 1 atom stereocenters. The zero-order chi connectivity index (χ0) is 7.49. The van der Waals surface area contributed by atoms with Crippen molar-refractivity contribution in [1.29, 1.82) is 5.26 Å². The topological polar surface area (TPSA) is 23.8 Å². The van der Waals surface area contributed by atoms with Crippen LogP contribution >= 0.6 is 22.6 Å². The van der Waals surface area contributed by atoms with Gasteiger partial charge in [0.25, 0.3) is 0 Å². The maximum atomic E-state index is 11.3. The van der Waals surface area contributed by atoms with Gasteiger partial charge < -0.3 is 0 Å². The minimum Gasteiger partial charge on any atom is -0.197 e. The molecule has 0 fully saturated rings. The summed E-state index contributed by atoms with van der Waals surface area (Å²) < 4.78 is 33.1. The molecule has 0 aliphatic heterocycles. The van der Waals surface area contributed by atoms with E-state index < -0.39 is 16.5 Å². The van der Waals surface area contributed by atoms with Gasteiger partial charge in [0.15, 0.2) is 0 Å². The fourth-order valence-electron chi connectivity index (χ4n) is 0.249. The molecule has 0 heterocycles. The molecule has 1 nitrogen and oxygen atoms in total. The highest BCUT2D eigenvalue weighted by molar-refractivity contribution is 14.1. The van der Waals surface area contributed by atoms with E-state index in [2.05, 4.69) is 0 Å². The zero-order valence-corrected chi connectivity index (χ0v) is 6.40. The van der Waals surface area contributed by atoms with Crippen LogP contribution in [0.4, 0.5) is 13.2 Å². The standard InChI is InChI=1S/C4H3F3IN/c5-4(6,7)1-3(8)2-9/h3H,1H2. The largest absolute Gasteiger partial charge is 0.391 e. The summed E-state index contributed by atoms with van der Waals surface area (Å²) in [5.74, 6) is 0. The van der Waals surface area contributed by atoms with Crippen LogP contribution in [0, 0.1) is 11.3 Å². The third kappa shape index (κ3) is 5.89. The van der Waals surface area contributed by atoms with Gasteiger partial charge in [-0.3, -0.25) is 0 Å². The Morgan fingerprint density at radius 2 is 2.00 bits per heavy atom. The van der Waals surface area contributed by atoms with E-state index in [1.54, 1.807) is 0 Å². The van der Waals surface area contributed by atoms with Crippen LogP contribution in [0.15, 0.2) is 0 Å². The van der Waals surface area contributed by atoms with E-state index in [0.29, 0.717) is 0 Å². The number of hydrogen-bond acceptors (Lipinski definition) is 1. The van der Waals surface area contributed by atoms with E-state index in [0.717, 1.165) is 0 Å². The van der Waals surface area contributed by atoms with Gasteiger partial charge >= 0.3 is 6.18 Å². The van der Waals surface area contributed by atoms with Crippen molar-refractivity contribution in [3.63, 3.8) is 0 Å². The zero-order valence-electron chi connectivity index (χ0n) is 4.24. The van der Waals surface area contributed by atoms with Gasteiger partial charge in [0, 0.05) is 0 Å². The van der Waals surface area contributed by atoms with Gasteiger partial charge in [-0.2, -0.15) is 18.4 Å². The minimum absolute atomic E-state index is 0.956. The highest BCUT2D eigenvalue weighted by Gasteiger charge is 2.30. The summed E-state index contributed by atoms with van der Waals surface area (Å²) in [6.45, 7) is 0. The average molecular weight is 249 g/mol. The summed E-state index contributed by atoms with van der Waals surface area (Å²) in [6.07, 6.45) is -5.23. The first-order valence-electron chi connectivity index (χ1n) is 2.06. The molecule has 0 bridgehead atoms. The molecule has 0 saturated carbocycles. The summed E-state index contributed by atoms with van der Waals surface area (Å²) in [6, 6.07) is 1.49. The fourth-order valence-corrected chi connectivity index (χ4v) is 0.748. The van der Waals surface area contributed by atoms with Gasteiger partial charge in [-0.05, 0) is 0 Å². The summed E-state index contributed by atoms with van der Waals surface area (Å²) in [4.78, 5) is 0. The van der Waals surface area contributed by atoms with Crippen molar-refractivity contribution in [2.24, 2.45) is 0 Å². The van der Waals surface area contributed by atoms with Crippen LogP contribution in [0.3, 0.4) is 0 Å². The van der Waals surface area contributed by atoms with Gasteiger partial charge in [0.05, 0.1) is 12.5 Å². The van der Waals surface area contributed by atoms with E-state index in [4.69, 9.17) is 5.26 Å². The third-order valence-electron chi connectivity index (χ3n) is 0.551. The Morgan fingerprint density at radius 3 is 2.11 bits per heavy atom. The predicted molar refractivity (Wildman–Crippen MR) is 34.1 cm³/mol. The molecule has 0 N–H and O–H groups in total. The molecule has 0 aromatic heterocycles. The molecular weight excluding hydrogens is 246 g/mol. The van der Waals surface area contributed by atoms with Crippen LogP contribution in [-0.4, -0.2) is 10.1 Å². The summed E-state index contributed by atoms with van der Waals surface area (Å²) in [5, 5.41) is 7.94. The van der Waals surface area contributed by atoms with Crippen LogP contribution in [0.25, 0.3) is 0 Å². The third-order valence-corrected chi connectivity index (χ3v) is 1.27. The Morgan fingerprint density at radius 1 is 1.56 bits per heavy atom. The molecule has 0 aromatic carbocycles. The smallest absolute Gasteiger partial charge is 0.197 e. The highest BCUT2D eigenvalue weighted by atomic mass is 127. The second kappa shape index (κ2) is 3.25. The van der Waals surface area contributed by atoms with E-state index in [1.165, 1.54) is 28.7 Å². The van der Waals surface area contributed by atoms with Crippen LogP contribution < -0.4 is 0 Å². The second-order valence-electron chi connectivity index (χ2n) is 1.42. The van der Waals surface area contributed by atoms with Crippen molar-refractivity contribution < 1.29 is 13.2 Å². The molecule has 9 heavy (non-hydrogen) atoms. The maximum absolute atomic E-state index is 11.3. The van der Waals surface area contributed by atoms with Crippen molar-refractivity contribution in [1.82, 2.24) is 0 Å². The molecule has 0 amide bonds. The van der Waals surface area contributed by atoms with Gasteiger partial charge in [-0.25, -0.2) is 0 Å². The summed E-state index contributed by atoms with van der Waals surface area (Å²) in [7, 11) is 0. The lowest BCUT2D eigenvalue weighted by molar-refractivity contribution is -0.131. The van der Waals surface area contributed by atoms with E-state index in [1.807, 2.05) is 0 Å². The van der Waals surface area contributed by atoms with Crippen LogP contribution in [0.2, 0.25) is 0 Å². The number of alkyl halides is 4. The lowest BCUT2D eigenvalue weighted by Crippen LogP contribution is -2.12. The number of nitrogens with zero attached hydrogens (tertiary/aromatic N) is 1.